The van der Waals surface area contributed by atoms with Crippen molar-refractivity contribution in [3.63, 3.8) is 0 Å². The number of halogens is 3. The fraction of sp³-hybridized carbons (Fsp3) is 0.207. The standard InChI is InChI=1S/C29H23F3N6O3/c1-14-20(19-8-9-38-25(24(19)32)21(13-34-38)27(40)33-3)10-17(11-23(14)31)26(39)36-29(28-35-15(2)37-41-28)12-22(29)16-4-6-18(30)7-5-16/h4-11,13,22H,12H2,1-3H3,(H,33,40)(H,36,39). The molecule has 2 aromatic carbocycles. The molecule has 0 aliphatic heterocycles. The Morgan fingerprint density at radius 2 is 1.80 bits per heavy atom. The highest BCUT2D eigenvalue weighted by molar-refractivity contribution is 6.01. The van der Waals surface area contributed by atoms with Crippen LogP contribution in [-0.2, 0) is 5.54 Å². The predicted octanol–water partition coefficient (Wildman–Crippen LogP) is 4.59. The Bertz CT molecular complexity index is 1850. The van der Waals surface area contributed by atoms with Gasteiger partial charge >= 0.3 is 0 Å². The number of nitrogens with zero attached hydrogens (tertiary/aromatic N) is 4. The molecule has 6 rings (SSSR count). The lowest BCUT2D eigenvalue weighted by molar-refractivity contribution is 0.0916. The van der Waals surface area contributed by atoms with Crippen LogP contribution in [0.4, 0.5) is 13.2 Å². The molecule has 1 aliphatic rings. The van der Waals surface area contributed by atoms with Gasteiger partial charge in [0.2, 0.25) is 0 Å². The van der Waals surface area contributed by atoms with Crippen LogP contribution in [0, 0.1) is 31.3 Å². The minimum absolute atomic E-state index is 0.00736. The van der Waals surface area contributed by atoms with Crippen molar-refractivity contribution < 1.29 is 27.3 Å². The van der Waals surface area contributed by atoms with Gasteiger partial charge in [0.05, 0.1) is 11.8 Å². The number of rotatable bonds is 6. The first-order chi connectivity index (χ1) is 19.6. The fourth-order valence-electron chi connectivity index (χ4n) is 5.18. The molecule has 12 heteroatoms. The number of amides is 2. The first-order valence-electron chi connectivity index (χ1n) is 12.7. The van der Waals surface area contributed by atoms with Gasteiger partial charge in [0.25, 0.3) is 17.7 Å². The normalized spacial score (nSPS) is 18.0. The summed E-state index contributed by atoms with van der Waals surface area (Å²) in [4.78, 5) is 30.2. The summed E-state index contributed by atoms with van der Waals surface area (Å²) in [5.41, 5.74) is -0.242. The maximum absolute atomic E-state index is 15.8. The van der Waals surface area contributed by atoms with Crippen LogP contribution in [0.1, 0.15) is 55.9 Å². The Balaban J connectivity index is 1.40. The van der Waals surface area contributed by atoms with Gasteiger partial charge in [-0.1, -0.05) is 17.3 Å². The second-order valence-electron chi connectivity index (χ2n) is 9.99. The van der Waals surface area contributed by atoms with E-state index in [9.17, 15) is 14.0 Å². The van der Waals surface area contributed by atoms with Gasteiger partial charge in [-0.25, -0.2) is 17.7 Å². The zero-order valence-electron chi connectivity index (χ0n) is 22.1. The van der Waals surface area contributed by atoms with Crippen LogP contribution in [0.15, 0.2) is 59.4 Å². The fourth-order valence-corrected chi connectivity index (χ4v) is 5.18. The maximum atomic E-state index is 15.8. The quantitative estimate of drug-likeness (QED) is 0.314. The van der Waals surface area contributed by atoms with Crippen molar-refractivity contribution in [1.82, 2.24) is 30.4 Å². The van der Waals surface area contributed by atoms with Crippen molar-refractivity contribution in [3.8, 4) is 11.1 Å². The van der Waals surface area contributed by atoms with E-state index in [1.807, 2.05) is 0 Å². The molecule has 2 atom stereocenters. The van der Waals surface area contributed by atoms with E-state index in [0.29, 0.717) is 12.2 Å². The SMILES string of the molecule is CNC(=O)c1cnn2ccc(-c3cc(C(=O)NC4(c5nc(C)no5)CC4c4ccc(F)cc4)cc(F)c3C)c(F)c12. The molecule has 0 bridgehead atoms. The summed E-state index contributed by atoms with van der Waals surface area (Å²) in [5.74, 6) is -2.86. The van der Waals surface area contributed by atoms with E-state index >= 15 is 8.78 Å². The number of fused-ring (bicyclic) bond motifs is 1. The number of carbonyl (C=O) groups is 2. The van der Waals surface area contributed by atoms with E-state index in [4.69, 9.17) is 4.52 Å². The Morgan fingerprint density at radius 3 is 2.49 bits per heavy atom. The summed E-state index contributed by atoms with van der Waals surface area (Å²) < 4.78 is 51.2. The van der Waals surface area contributed by atoms with E-state index in [1.165, 1.54) is 55.1 Å². The summed E-state index contributed by atoms with van der Waals surface area (Å²) in [7, 11) is 1.41. The molecule has 3 aromatic heterocycles. The Labute approximate surface area is 231 Å². The molecule has 2 N–H and O–H groups in total. The van der Waals surface area contributed by atoms with Crippen molar-refractivity contribution in [2.45, 2.75) is 31.7 Å². The van der Waals surface area contributed by atoms with E-state index < -0.39 is 34.8 Å². The first-order valence-corrected chi connectivity index (χ1v) is 12.7. The monoisotopic (exact) mass is 560 g/mol. The van der Waals surface area contributed by atoms with Crippen LogP contribution in [0.3, 0.4) is 0 Å². The molecular weight excluding hydrogens is 537 g/mol. The summed E-state index contributed by atoms with van der Waals surface area (Å²) in [6.07, 6.45) is 3.08. The van der Waals surface area contributed by atoms with Gasteiger partial charge in [0.15, 0.2) is 11.6 Å². The zero-order valence-corrected chi connectivity index (χ0v) is 22.1. The second-order valence-corrected chi connectivity index (χ2v) is 9.99. The average molecular weight is 561 g/mol. The Kier molecular flexibility index (Phi) is 6.13. The Morgan fingerprint density at radius 1 is 1.05 bits per heavy atom. The zero-order chi connectivity index (χ0) is 29.1. The molecule has 1 saturated carbocycles. The van der Waals surface area contributed by atoms with Gasteiger partial charge in [-0.15, -0.1) is 0 Å². The smallest absolute Gasteiger partial charge is 0.254 e. The molecule has 0 radical (unpaired) electrons. The van der Waals surface area contributed by atoms with Crippen molar-refractivity contribution in [2.24, 2.45) is 0 Å². The molecular formula is C29H23F3N6O3. The first kappa shape index (κ1) is 26.2. The van der Waals surface area contributed by atoms with Gasteiger partial charge in [-0.2, -0.15) is 10.1 Å². The summed E-state index contributed by atoms with van der Waals surface area (Å²) in [6, 6.07) is 9.74. The summed E-state index contributed by atoms with van der Waals surface area (Å²) in [6.45, 7) is 3.11. The molecule has 0 spiro atoms. The highest BCUT2D eigenvalue weighted by Gasteiger charge is 2.61. The molecule has 1 fully saturated rings. The van der Waals surface area contributed by atoms with Gasteiger partial charge < -0.3 is 15.2 Å². The third-order valence-electron chi connectivity index (χ3n) is 7.47. The van der Waals surface area contributed by atoms with E-state index in [0.717, 1.165) is 11.6 Å². The maximum Gasteiger partial charge on any atom is 0.254 e. The van der Waals surface area contributed by atoms with Crippen molar-refractivity contribution in [2.75, 3.05) is 7.05 Å². The van der Waals surface area contributed by atoms with E-state index in [1.54, 1.807) is 19.1 Å². The minimum atomic E-state index is -1.10. The largest absolute Gasteiger partial charge is 0.355 e. The lowest BCUT2D eigenvalue weighted by Gasteiger charge is -2.17. The van der Waals surface area contributed by atoms with Gasteiger partial charge in [-0.05, 0) is 67.3 Å². The molecule has 2 amide bonds. The van der Waals surface area contributed by atoms with Gasteiger partial charge in [-0.3, -0.25) is 9.59 Å². The number of benzene rings is 2. The predicted molar refractivity (Wildman–Crippen MR) is 141 cm³/mol. The minimum Gasteiger partial charge on any atom is -0.355 e. The van der Waals surface area contributed by atoms with Crippen LogP contribution in [0.2, 0.25) is 0 Å². The average Bonchev–Trinajstić information content (AvgIpc) is 3.27. The lowest BCUT2D eigenvalue weighted by atomic mass is 9.96. The number of hydrogen-bond donors (Lipinski definition) is 2. The molecule has 9 nitrogen and oxygen atoms in total. The van der Waals surface area contributed by atoms with Crippen LogP contribution >= 0.6 is 0 Å². The van der Waals surface area contributed by atoms with Gasteiger partial charge in [0, 0.05) is 30.3 Å². The Hall–Kier alpha value is -5.00. The van der Waals surface area contributed by atoms with E-state index in [2.05, 4.69) is 25.9 Å². The van der Waals surface area contributed by atoms with Crippen LogP contribution in [-0.4, -0.2) is 38.6 Å². The topological polar surface area (TPSA) is 114 Å². The summed E-state index contributed by atoms with van der Waals surface area (Å²) >= 11 is 0. The third kappa shape index (κ3) is 4.31. The van der Waals surface area contributed by atoms with Crippen LogP contribution < -0.4 is 10.6 Å². The highest BCUT2D eigenvalue weighted by atomic mass is 19.1. The number of aromatic nitrogens is 4. The number of aryl methyl sites for hydroxylation is 1. The molecule has 208 valence electrons. The molecule has 5 aromatic rings. The second kappa shape index (κ2) is 9.58. The van der Waals surface area contributed by atoms with Crippen LogP contribution in [0.25, 0.3) is 16.6 Å². The molecule has 1 aliphatic carbocycles. The lowest BCUT2D eigenvalue weighted by Crippen LogP contribution is -2.36. The molecule has 0 saturated heterocycles. The van der Waals surface area contributed by atoms with Crippen LogP contribution in [0.5, 0.6) is 0 Å². The number of hydrogen-bond acceptors (Lipinski definition) is 6. The highest BCUT2D eigenvalue weighted by Crippen LogP contribution is 2.58. The van der Waals surface area contributed by atoms with E-state index in [-0.39, 0.29) is 45.1 Å². The third-order valence-corrected chi connectivity index (χ3v) is 7.47. The molecule has 2 unspecified atom stereocenters. The van der Waals surface area contributed by atoms with Crippen molar-refractivity contribution in [3.05, 3.63) is 106 Å². The molecule has 3 heterocycles. The number of carbonyl (C=O) groups excluding carboxylic acids is 2. The van der Waals surface area contributed by atoms with Gasteiger partial charge in [0.1, 0.15) is 22.7 Å². The number of pyridine rings is 1. The number of nitrogens with one attached hydrogen (secondary N) is 2. The van der Waals surface area contributed by atoms with Crippen molar-refractivity contribution >= 4 is 17.3 Å². The summed E-state index contributed by atoms with van der Waals surface area (Å²) in [5, 5.41) is 13.2. The van der Waals surface area contributed by atoms with Crippen molar-refractivity contribution in [1.29, 1.82) is 0 Å². The molecule has 41 heavy (non-hydrogen) atoms.